The minimum Gasteiger partial charge on any atom is -0.388 e. The molecule has 29 heavy (non-hydrogen) atoms. The molecule has 146 valence electrons. The number of hydrogen-bond acceptors (Lipinski definition) is 2. The van der Waals surface area contributed by atoms with E-state index in [2.05, 4.69) is 10.6 Å². The van der Waals surface area contributed by atoms with Gasteiger partial charge in [0, 0.05) is 34.9 Å². The van der Waals surface area contributed by atoms with Crippen molar-refractivity contribution in [1.29, 1.82) is 0 Å². The smallest absolute Gasteiger partial charge is 0.272 e. The summed E-state index contributed by atoms with van der Waals surface area (Å²) in [5, 5.41) is 6.69. The standard InChI is InChI=1S/C23H19F2N3O/c1-26-17-10-11-21-15(12-17)13-22(23(29)27-16-6-3-2-4-7-16)28(21)14-18-19(24)8-5-9-20(18)25/h2-13,26H,14H2,1H3,(H,27,29). The highest BCUT2D eigenvalue weighted by atomic mass is 19.1. The van der Waals surface area contributed by atoms with Crippen molar-refractivity contribution in [3.8, 4) is 0 Å². The number of aromatic nitrogens is 1. The highest BCUT2D eigenvalue weighted by Gasteiger charge is 2.19. The summed E-state index contributed by atoms with van der Waals surface area (Å²) in [5.74, 6) is -1.64. The van der Waals surface area contributed by atoms with Crippen molar-refractivity contribution in [2.75, 3.05) is 17.7 Å². The summed E-state index contributed by atoms with van der Waals surface area (Å²) < 4.78 is 30.2. The average molecular weight is 391 g/mol. The quantitative estimate of drug-likeness (QED) is 0.487. The molecule has 0 saturated carbocycles. The Morgan fingerprint density at radius 3 is 2.31 bits per heavy atom. The molecule has 4 rings (SSSR count). The average Bonchev–Trinajstić information content (AvgIpc) is 3.09. The Morgan fingerprint density at radius 1 is 0.897 bits per heavy atom. The number of fused-ring (bicyclic) bond motifs is 1. The lowest BCUT2D eigenvalue weighted by atomic mass is 10.2. The van der Waals surface area contributed by atoms with Crippen LogP contribution in [0.25, 0.3) is 10.9 Å². The summed E-state index contributed by atoms with van der Waals surface area (Å²) in [7, 11) is 1.80. The van der Waals surface area contributed by atoms with Crippen molar-refractivity contribution in [1.82, 2.24) is 4.57 Å². The molecule has 0 radical (unpaired) electrons. The van der Waals surface area contributed by atoms with E-state index in [1.807, 2.05) is 36.4 Å². The van der Waals surface area contributed by atoms with Gasteiger partial charge in [-0.05, 0) is 48.5 Å². The number of halogens is 2. The van der Waals surface area contributed by atoms with E-state index < -0.39 is 11.6 Å². The maximum Gasteiger partial charge on any atom is 0.272 e. The van der Waals surface area contributed by atoms with Gasteiger partial charge in [-0.2, -0.15) is 0 Å². The number of benzene rings is 3. The van der Waals surface area contributed by atoms with E-state index in [1.54, 1.807) is 29.8 Å². The molecule has 0 fully saturated rings. The zero-order chi connectivity index (χ0) is 20.4. The van der Waals surface area contributed by atoms with Gasteiger partial charge < -0.3 is 15.2 Å². The van der Waals surface area contributed by atoms with Gasteiger partial charge in [-0.1, -0.05) is 24.3 Å². The molecule has 4 aromatic rings. The van der Waals surface area contributed by atoms with Crippen molar-refractivity contribution in [2.45, 2.75) is 6.54 Å². The van der Waals surface area contributed by atoms with Gasteiger partial charge in [0.15, 0.2) is 0 Å². The minimum absolute atomic E-state index is 0.0866. The zero-order valence-corrected chi connectivity index (χ0v) is 15.7. The number of nitrogens with zero attached hydrogens (tertiary/aromatic N) is 1. The number of para-hydroxylation sites is 1. The van der Waals surface area contributed by atoms with Crippen LogP contribution in [0.4, 0.5) is 20.2 Å². The van der Waals surface area contributed by atoms with Gasteiger partial charge >= 0.3 is 0 Å². The van der Waals surface area contributed by atoms with Gasteiger partial charge in [0.1, 0.15) is 17.3 Å². The summed E-state index contributed by atoms with van der Waals surface area (Å²) >= 11 is 0. The van der Waals surface area contributed by atoms with Crippen LogP contribution in [0.1, 0.15) is 16.1 Å². The van der Waals surface area contributed by atoms with Gasteiger partial charge in [0.2, 0.25) is 0 Å². The number of carbonyl (C=O) groups excluding carboxylic acids is 1. The lowest BCUT2D eigenvalue weighted by Gasteiger charge is -2.13. The fraction of sp³-hybridized carbons (Fsp3) is 0.0870. The van der Waals surface area contributed by atoms with E-state index in [4.69, 9.17) is 0 Å². The number of nitrogens with one attached hydrogen (secondary N) is 2. The van der Waals surface area contributed by atoms with Crippen molar-refractivity contribution < 1.29 is 13.6 Å². The molecule has 0 aliphatic carbocycles. The van der Waals surface area contributed by atoms with Gasteiger partial charge in [0.25, 0.3) is 5.91 Å². The van der Waals surface area contributed by atoms with E-state index in [1.165, 1.54) is 18.2 Å². The van der Waals surface area contributed by atoms with Crippen molar-refractivity contribution in [2.24, 2.45) is 0 Å². The molecule has 0 aliphatic heterocycles. The second-order valence-electron chi connectivity index (χ2n) is 6.66. The summed E-state index contributed by atoms with van der Waals surface area (Å²) in [4.78, 5) is 13.0. The molecule has 0 atom stereocenters. The van der Waals surface area contributed by atoms with Crippen LogP contribution in [0.3, 0.4) is 0 Å². The highest BCUT2D eigenvalue weighted by Crippen LogP contribution is 2.26. The van der Waals surface area contributed by atoms with Crippen LogP contribution in [0.2, 0.25) is 0 Å². The summed E-state index contributed by atoms with van der Waals surface area (Å²) in [5.41, 5.74) is 2.46. The van der Waals surface area contributed by atoms with E-state index >= 15 is 0 Å². The largest absolute Gasteiger partial charge is 0.388 e. The first kappa shape index (κ1) is 18.7. The monoisotopic (exact) mass is 391 g/mol. The maximum absolute atomic E-state index is 14.3. The van der Waals surface area contributed by atoms with Crippen LogP contribution in [0, 0.1) is 11.6 Å². The lowest BCUT2D eigenvalue weighted by Crippen LogP contribution is -2.18. The third kappa shape index (κ3) is 3.69. The molecule has 6 heteroatoms. The molecule has 0 unspecified atom stereocenters. The molecule has 0 bridgehead atoms. The molecule has 0 saturated heterocycles. The van der Waals surface area contributed by atoms with Crippen molar-refractivity contribution in [3.63, 3.8) is 0 Å². The van der Waals surface area contributed by atoms with E-state index in [0.29, 0.717) is 16.9 Å². The third-order valence-electron chi connectivity index (χ3n) is 4.83. The maximum atomic E-state index is 14.3. The molecule has 1 amide bonds. The number of anilines is 2. The second-order valence-corrected chi connectivity index (χ2v) is 6.66. The molecular formula is C23H19F2N3O. The third-order valence-corrected chi connectivity index (χ3v) is 4.83. The number of rotatable bonds is 5. The lowest BCUT2D eigenvalue weighted by molar-refractivity contribution is 0.101. The van der Waals surface area contributed by atoms with E-state index in [0.717, 1.165) is 11.1 Å². The molecule has 4 nitrogen and oxygen atoms in total. The number of amides is 1. The number of hydrogen-bond donors (Lipinski definition) is 2. The summed E-state index contributed by atoms with van der Waals surface area (Å²) in [6.07, 6.45) is 0. The Kier molecular flexibility index (Phi) is 4.99. The highest BCUT2D eigenvalue weighted by molar-refractivity contribution is 6.06. The van der Waals surface area contributed by atoms with Gasteiger partial charge in [-0.3, -0.25) is 4.79 Å². The normalized spacial score (nSPS) is 10.9. The predicted molar refractivity (Wildman–Crippen MR) is 111 cm³/mol. The van der Waals surface area contributed by atoms with Crippen molar-refractivity contribution >= 4 is 28.2 Å². The Hall–Kier alpha value is -3.67. The molecule has 0 aliphatic rings. The first-order chi connectivity index (χ1) is 14.1. The Morgan fingerprint density at radius 2 is 1.62 bits per heavy atom. The minimum atomic E-state index is -0.645. The molecule has 1 aromatic heterocycles. The van der Waals surface area contributed by atoms with Crippen LogP contribution in [0.5, 0.6) is 0 Å². The topological polar surface area (TPSA) is 46.1 Å². The van der Waals surface area contributed by atoms with Gasteiger partial charge in [-0.25, -0.2) is 8.78 Å². The summed E-state index contributed by atoms with van der Waals surface area (Å²) in [6, 6.07) is 20.1. The molecule has 1 heterocycles. The second kappa shape index (κ2) is 7.75. The van der Waals surface area contributed by atoms with Crippen LogP contribution in [-0.2, 0) is 6.54 Å². The first-order valence-electron chi connectivity index (χ1n) is 9.17. The van der Waals surface area contributed by atoms with E-state index in [9.17, 15) is 13.6 Å². The Balaban J connectivity index is 1.82. The molecule has 3 aromatic carbocycles. The SMILES string of the molecule is CNc1ccc2c(c1)cc(C(=O)Nc1ccccc1)n2Cc1c(F)cccc1F. The predicted octanol–water partition coefficient (Wildman–Crippen LogP) is 5.26. The van der Waals surface area contributed by atoms with Crippen LogP contribution < -0.4 is 10.6 Å². The fourth-order valence-electron chi connectivity index (χ4n) is 3.34. The van der Waals surface area contributed by atoms with E-state index in [-0.39, 0.29) is 18.0 Å². The fourth-order valence-corrected chi connectivity index (χ4v) is 3.34. The van der Waals surface area contributed by atoms with Crippen LogP contribution in [-0.4, -0.2) is 17.5 Å². The molecular weight excluding hydrogens is 372 g/mol. The van der Waals surface area contributed by atoms with Crippen LogP contribution in [0.15, 0.2) is 72.8 Å². The van der Waals surface area contributed by atoms with Gasteiger partial charge in [-0.15, -0.1) is 0 Å². The van der Waals surface area contributed by atoms with Gasteiger partial charge in [0.05, 0.1) is 6.54 Å². The molecule has 2 N–H and O–H groups in total. The first-order valence-corrected chi connectivity index (χ1v) is 9.17. The van der Waals surface area contributed by atoms with Crippen molar-refractivity contribution in [3.05, 3.63) is 95.7 Å². The van der Waals surface area contributed by atoms with Crippen LogP contribution >= 0.6 is 0 Å². The summed E-state index contributed by atoms with van der Waals surface area (Å²) in [6.45, 7) is -0.0988. The zero-order valence-electron chi connectivity index (χ0n) is 15.7. The Bertz CT molecular complexity index is 1170. The molecule has 0 spiro atoms. The Labute approximate surface area is 166 Å². The number of carbonyl (C=O) groups is 1.